The fourth-order valence-corrected chi connectivity index (χ4v) is 2.66. The van der Waals surface area contributed by atoms with Gasteiger partial charge < -0.3 is 10.1 Å². The van der Waals surface area contributed by atoms with Gasteiger partial charge >= 0.3 is 11.7 Å². The molecular formula is C20H15FN2O5. The van der Waals surface area contributed by atoms with E-state index in [0.717, 1.165) is 17.5 Å². The summed E-state index contributed by atoms with van der Waals surface area (Å²) in [6.07, 6.45) is -1.17. The summed E-state index contributed by atoms with van der Waals surface area (Å²) in [7, 11) is 0. The Morgan fingerprint density at radius 3 is 2.57 bits per heavy atom. The lowest BCUT2D eigenvalue weighted by atomic mass is 10.0. The zero-order valence-corrected chi connectivity index (χ0v) is 14.7. The molecule has 0 bridgehead atoms. The lowest BCUT2D eigenvalue weighted by molar-refractivity contribution is -0.387. The molecule has 1 amide bonds. The molecule has 0 saturated carbocycles. The molecule has 3 aromatic carbocycles. The SMILES string of the molecule is C[C@H](OC(=O)c1cccc2ccccc12)C(=O)Nc1ccc(F)c([N+](=O)[O-])c1. The first-order valence-electron chi connectivity index (χ1n) is 8.30. The van der Waals surface area contributed by atoms with Crippen molar-refractivity contribution in [1.82, 2.24) is 0 Å². The summed E-state index contributed by atoms with van der Waals surface area (Å²) >= 11 is 0. The predicted octanol–water partition coefficient (Wildman–Crippen LogP) is 4.07. The van der Waals surface area contributed by atoms with Crippen LogP contribution in [0.3, 0.4) is 0 Å². The van der Waals surface area contributed by atoms with Gasteiger partial charge in [0.2, 0.25) is 5.82 Å². The number of anilines is 1. The molecule has 0 aliphatic carbocycles. The van der Waals surface area contributed by atoms with Gasteiger partial charge in [0.1, 0.15) is 0 Å². The predicted molar refractivity (Wildman–Crippen MR) is 101 cm³/mol. The summed E-state index contributed by atoms with van der Waals surface area (Å²) < 4.78 is 18.6. The Labute approximate surface area is 158 Å². The monoisotopic (exact) mass is 382 g/mol. The minimum Gasteiger partial charge on any atom is -0.449 e. The van der Waals surface area contributed by atoms with Crippen LogP contribution >= 0.6 is 0 Å². The molecule has 0 unspecified atom stereocenters. The number of nitrogens with one attached hydrogen (secondary N) is 1. The number of rotatable bonds is 5. The van der Waals surface area contributed by atoms with E-state index in [4.69, 9.17) is 4.74 Å². The van der Waals surface area contributed by atoms with Crippen LogP contribution in [0.4, 0.5) is 15.8 Å². The first kappa shape index (κ1) is 19.0. The number of nitrogens with zero attached hydrogens (tertiary/aromatic N) is 1. The van der Waals surface area contributed by atoms with Gasteiger partial charge in [0.05, 0.1) is 10.5 Å². The molecular weight excluding hydrogens is 367 g/mol. The van der Waals surface area contributed by atoms with Gasteiger partial charge in [0, 0.05) is 11.8 Å². The highest BCUT2D eigenvalue weighted by atomic mass is 19.1. The second-order valence-electron chi connectivity index (χ2n) is 5.99. The van der Waals surface area contributed by atoms with Crippen molar-refractivity contribution in [2.75, 3.05) is 5.32 Å². The van der Waals surface area contributed by atoms with E-state index in [2.05, 4.69) is 5.32 Å². The van der Waals surface area contributed by atoms with E-state index in [1.54, 1.807) is 24.3 Å². The van der Waals surface area contributed by atoms with Gasteiger partial charge in [-0.3, -0.25) is 14.9 Å². The summed E-state index contributed by atoms with van der Waals surface area (Å²) in [4.78, 5) is 34.6. The van der Waals surface area contributed by atoms with Crippen LogP contribution in [0.15, 0.2) is 60.7 Å². The number of ether oxygens (including phenoxy) is 1. The highest BCUT2D eigenvalue weighted by Gasteiger charge is 2.22. The van der Waals surface area contributed by atoms with Crippen LogP contribution in [-0.4, -0.2) is 22.9 Å². The topological polar surface area (TPSA) is 98.5 Å². The van der Waals surface area contributed by atoms with Crippen molar-refractivity contribution in [3.05, 3.63) is 82.2 Å². The van der Waals surface area contributed by atoms with Gasteiger partial charge in [0.25, 0.3) is 5.91 Å². The number of benzene rings is 3. The van der Waals surface area contributed by atoms with Gasteiger partial charge in [-0.2, -0.15) is 4.39 Å². The van der Waals surface area contributed by atoms with Crippen LogP contribution in [0.2, 0.25) is 0 Å². The van der Waals surface area contributed by atoms with Crippen LogP contribution in [0.5, 0.6) is 0 Å². The van der Waals surface area contributed by atoms with E-state index in [0.29, 0.717) is 10.9 Å². The van der Waals surface area contributed by atoms with Crippen LogP contribution in [0.1, 0.15) is 17.3 Å². The van der Waals surface area contributed by atoms with E-state index in [1.165, 1.54) is 13.0 Å². The van der Waals surface area contributed by atoms with E-state index in [1.807, 2.05) is 18.2 Å². The number of nitro groups is 1. The summed E-state index contributed by atoms with van der Waals surface area (Å²) in [6, 6.07) is 15.4. The molecule has 1 atom stereocenters. The molecule has 0 aromatic heterocycles. The summed E-state index contributed by atoms with van der Waals surface area (Å²) in [6.45, 7) is 1.37. The number of hydrogen-bond acceptors (Lipinski definition) is 5. The Balaban J connectivity index is 1.73. The third-order valence-electron chi connectivity index (χ3n) is 4.07. The lowest BCUT2D eigenvalue weighted by Crippen LogP contribution is -2.30. The molecule has 0 heterocycles. The van der Waals surface area contributed by atoms with E-state index in [-0.39, 0.29) is 5.69 Å². The largest absolute Gasteiger partial charge is 0.449 e. The van der Waals surface area contributed by atoms with Gasteiger partial charge in [0.15, 0.2) is 6.10 Å². The number of halogens is 1. The maximum Gasteiger partial charge on any atom is 0.339 e. The molecule has 0 aliphatic rings. The molecule has 0 spiro atoms. The third-order valence-corrected chi connectivity index (χ3v) is 4.07. The number of carbonyl (C=O) groups excluding carboxylic acids is 2. The number of carbonyl (C=O) groups is 2. The van der Waals surface area contributed by atoms with Gasteiger partial charge in [-0.25, -0.2) is 4.79 Å². The Bertz CT molecular complexity index is 1080. The van der Waals surface area contributed by atoms with E-state index >= 15 is 0 Å². The highest BCUT2D eigenvalue weighted by molar-refractivity contribution is 6.05. The molecule has 8 heteroatoms. The smallest absolute Gasteiger partial charge is 0.339 e. The van der Waals surface area contributed by atoms with Crippen LogP contribution < -0.4 is 5.32 Å². The minimum atomic E-state index is -1.17. The molecule has 0 radical (unpaired) electrons. The fourth-order valence-electron chi connectivity index (χ4n) is 2.66. The number of fused-ring (bicyclic) bond motifs is 1. The van der Waals surface area contributed by atoms with Gasteiger partial charge in [-0.05, 0) is 35.9 Å². The molecule has 3 aromatic rings. The summed E-state index contributed by atoms with van der Waals surface area (Å²) in [5, 5.41) is 14.7. The first-order chi connectivity index (χ1) is 13.4. The van der Waals surface area contributed by atoms with E-state index < -0.39 is 34.4 Å². The maximum absolute atomic E-state index is 13.4. The molecule has 0 aliphatic heterocycles. The van der Waals surface area contributed by atoms with Crippen molar-refractivity contribution in [2.24, 2.45) is 0 Å². The first-order valence-corrected chi connectivity index (χ1v) is 8.30. The van der Waals surface area contributed by atoms with Crippen LogP contribution in [-0.2, 0) is 9.53 Å². The number of amides is 1. The summed E-state index contributed by atoms with van der Waals surface area (Å²) in [5.74, 6) is -2.39. The molecule has 1 N–H and O–H groups in total. The second kappa shape index (κ2) is 7.83. The Morgan fingerprint density at radius 2 is 1.82 bits per heavy atom. The van der Waals surface area contributed by atoms with Crippen LogP contribution in [0.25, 0.3) is 10.8 Å². The normalized spacial score (nSPS) is 11.6. The van der Waals surface area contributed by atoms with Gasteiger partial charge in [-0.15, -0.1) is 0 Å². The molecule has 0 fully saturated rings. The molecule has 28 heavy (non-hydrogen) atoms. The Hall–Kier alpha value is -3.81. The quantitative estimate of drug-likeness (QED) is 0.407. The Kier molecular flexibility index (Phi) is 5.30. The average molecular weight is 382 g/mol. The second-order valence-corrected chi connectivity index (χ2v) is 5.99. The maximum atomic E-state index is 13.4. The summed E-state index contributed by atoms with van der Waals surface area (Å²) in [5.41, 5.74) is -0.431. The fraction of sp³-hybridized carbons (Fsp3) is 0.100. The Morgan fingerprint density at radius 1 is 1.11 bits per heavy atom. The highest BCUT2D eigenvalue weighted by Crippen LogP contribution is 2.22. The standard InChI is InChI=1S/C20H15FN2O5/c1-12(19(24)22-14-9-10-17(21)18(11-14)23(26)27)28-20(25)16-8-4-6-13-5-2-3-7-15(13)16/h2-12H,1H3,(H,22,24)/t12-/m0/s1. The van der Waals surface area contributed by atoms with Crippen molar-refractivity contribution in [2.45, 2.75) is 13.0 Å². The lowest BCUT2D eigenvalue weighted by Gasteiger charge is -2.14. The molecule has 7 nitrogen and oxygen atoms in total. The molecule has 3 rings (SSSR count). The number of esters is 1. The zero-order chi connectivity index (χ0) is 20.3. The van der Waals surface area contributed by atoms with Crippen LogP contribution in [0, 0.1) is 15.9 Å². The van der Waals surface area contributed by atoms with Gasteiger partial charge in [-0.1, -0.05) is 36.4 Å². The van der Waals surface area contributed by atoms with Crippen molar-refractivity contribution < 1.29 is 23.6 Å². The number of hydrogen-bond donors (Lipinski definition) is 1. The average Bonchev–Trinajstić information content (AvgIpc) is 2.68. The van der Waals surface area contributed by atoms with E-state index in [9.17, 15) is 24.1 Å². The van der Waals surface area contributed by atoms with Crippen molar-refractivity contribution >= 4 is 34.0 Å². The molecule has 142 valence electrons. The zero-order valence-electron chi connectivity index (χ0n) is 14.7. The minimum absolute atomic E-state index is 0.0196. The van der Waals surface area contributed by atoms with Crippen molar-refractivity contribution in [3.8, 4) is 0 Å². The molecule has 0 saturated heterocycles. The number of nitro benzene ring substituents is 1. The van der Waals surface area contributed by atoms with Crippen molar-refractivity contribution in [3.63, 3.8) is 0 Å². The van der Waals surface area contributed by atoms with Crippen molar-refractivity contribution in [1.29, 1.82) is 0 Å². The third kappa shape index (κ3) is 3.96.